The van der Waals surface area contributed by atoms with Gasteiger partial charge in [0.1, 0.15) is 0 Å². The quantitative estimate of drug-likeness (QED) is 0.419. The predicted molar refractivity (Wildman–Crippen MR) is 125 cm³/mol. The van der Waals surface area contributed by atoms with Crippen molar-refractivity contribution in [2.24, 2.45) is 0 Å². The molecule has 0 fully saturated rings. The van der Waals surface area contributed by atoms with Crippen LogP contribution in [0.4, 0.5) is 10.5 Å². The summed E-state index contributed by atoms with van der Waals surface area (Å²) in [7, 11) is 0. The lowest BCUT2D eigenvalue weighted by atomic mass is 10.2. The number of carbonyl (C=O) groups excluding carboxylic acids is 1. The number of nitrogens with one attached hydrogen (secondary N) is 2. The number of urea groups is 1. The molecule has 2 amide bonds. The van der Waals surface area contributed by atoms with Crippen molar-refractivity contribution >= 4 is 38.9 Å². The molecule has 0 aliphatic rings. The van der Waals surface area contributed by atoms with Crippen molar-refractivity contribution in [3.63, 3.8) is 0 Å². The minimum Gasteiger partial charge on any atom is -0.337 e. The van der Waals surface area contributed by atoms with Gasteiger partial charge < -0.3 is 10.6 Å². The van der Waals surface area contributed by atoms with Gasteiger partial charge >= 0.3 is 11.7 Å². The molecule has 0 unspecified atom stereocenters. The largest absolute Gasteiger partial charge is 0.350 e. The monoisotopic (exact) mass is 444 g/mol. The third-order valence-electron chi connectivity index (χ3n) is 4.97. The molecule has 8 nitrogen and oxygen atoms in total. The van der Waals surface area contributed by atoms with Gasteiger partial charge in [-0.2, -0.15) is 0 Å². The van der Waals surface area contributed by atoms with E-state index in [1.807, 2.05) is 54.6 Å². The zero-order valence-electron chi connectivity index (χ0n) is 17.1. The lowest BCUT2D eigenvalue weighted by Gasteiger charge is -2.08. The molecule has 0 bridgehead atoms. The standard InChI is InChI=1S/C23H20N6O2S/c30-22(24-12-11-21-26-18-8-1-2-9-19(18)32-21)25-17-7-5-6-16(14-17)15-29-23(31)28-13-4-3-10-20(28)27-29/h1-10,13-14H,11-12,15H2,(H2,24,25,30). The fraction of sp³-hybridized carbons (Fsp3) is 0.130. The zero-order chi connectivity index (χ0) is 21.9. The van der Waals surface area contributed by atoms with Crippen LogP contribution in [-0.4, -0.2) is 31.7 Å². The van der Waals surface area contributed by atoms with Gasteiger partial charge in [0.25, 0.3) is 0 Å². The molecule has 32 heavy (non-hydrogen) atoms. The van der Waals surface area contributed by atoms with Crippen LogP contribution in [0.5, 0.6) is 0 Å². The third kappa shape index (κ3) is 4.23. The van der Waals surface area contributed by atoms with Gasteiger partial charge in [-0.3, -0.25) is 4.40 Å². The number of pyridine rings is 1. The summed E-state index contributed by atoms with van der Waals surface area (Å²) in [5.41, 5.74) is 2.89. The van der Waals surface area contributed by atoms with Crippen LogP contribution in [-0.2, 0) is 13.0 Å². The van der Waals surface area contributed by atoms with E-state index in [-0.39, 0.29) is 11.7 Å². The molecule has 0 aliphatic carbocycles. The Kier molecular flexibility index (Phi) is 5.39. The molecule has 3 aromatic heterocycles. The first-order chi connectivity index (χ1) is 15.7. The van der Waals surface area contributed by atoms with Gasteiger partial charge in [0.15, 0.2) is 5.65 Å². The summed E-state index contributed by atoms with van der Waals surface area (Å²) >= 11 is 1.64. The molecule has 2 aromatic carbocycles. The first-order valence-corrected chi connectivity index (χ1v) is 11.0. The number of amides is 2. The summed E-state index contributed by atoms with van der Waals surface area (Å²) < 4.78 is 4.06. The molecule has 0 radical (unpaired) electrons. The number of hydrogen-bond donors (Lipinski definition) is 2. The number of aromatic nitrogens is 4. The van der Waals surface area contributed by atoms with Crippen molar-refractivity contribution < 1.29 is 4.79 Å². The summed E-state index contributed by atoms with van der Waals surface area (Å²) in [4.78, 5) is 29.4. The molecular weight excluding hydrogens is 424 g/mol. The first kappa shape index (κ1) is 20.0. The van der Waals surface area contributed by atoms with Gasteiger partial charge in [0, 0.05) is 24.8 Å². The highest BCUT2D eigenvalue weighted by Gasteiger charge is 2.08. The molecule has 5 rings (SSSR count). The number of para-hydroxylation sites is 1. The molecule has 0 spiro atoms. The number of hydrogen-bond acceptors (Lipinski definition) is 5. The number of fused-ring (bicyclic) bond motifs is 2. The van der Waals surface area contributed by atoms with E-state index < -0.39 is 0 Å². The van der Waals surface area contributed by atoms with Crippen molar-refractivity contribution in [2.75, 3.05) is 11.9 Å². The highest BCUT2D eigenvalue weighted by molar-refractivity contribution is 7.18. The van der Waals surface area contributed by atoms with E-state index in [4.69, 9.17) is 0 Å². The molecule has 0 atom stereocenters. The summed E-state index contributed by atoms with van der Waals surface area (Å²) in [5, 5.41) is 11.0. The molecule has 9 heteroatoms. The Bertz CT molecular complexity index is 1440. The second-order valence-electron chi connectivity index (χ2n) is 7.28. The van der Waals surface area contributed by atoms with Crippen LogP contribution in [0.25, 0.3) is 15.9 Å². The van der Waals surface area contributed by atoms with Gasteiger partial charge in [0.05, 0.1) is 21.8 Å². The average Bonchev–Trinajstić information content (AvgIpc) is 3.35. The Morgan fingerprint density at radius 1 is 1.03 bits per heavy atom. The number of anilines is 1. The molecule has 0 saturated carbocycles. The van der Waals surface area contributed by atoms with Crippen LogP contribution < -0.4 is 16.3 Å². The van der Waals surface area contributed by atoms with Gasteiger partial charge in [0.2, 0.25) is 0 Å². The number of benzene rings is 2. The molecule has 0 aliphatic heterocycles. The summed E-state index contributed by atoms with van der Waals surface area (Å²) in [6.07, 6.45) is 2.36. The van der Waals surface area contributed by atoms with Crippen LogP contribution in [0.2, 0.25) is 0 Å². The number of carbonyl (C=O) groups is 1. The molecule has 5 aromatic rings. The zero-order valence-corrected chi connectivity index (χ0v) is 17.9. The van der Waals surface area contributed by atoms with Crippen molar-refractivity contribution in [1.82, 2.24) is 24.5 Å². The van der Waals surface area contributed by atoms with E-state index in [9.17, 15) is 9.59 Å². The lowest BCUT2D eigenvalue weighted by molar-refractivity contribution is 0.252. The second-order valence-corrected chi connectivity index (χ2v) is 8.39. The Labute approximate surface area is 187 Å². The van der Waals surface area contributed by atoms with E-state index in [0.29, 0.717) is 30.8 Å². The summed E-state index contributed by atoms with van der Waals surface area (Å²) in [5.74, 6) is 0. The number of nitrogens with zero attached hydrogens (tertiary/aromatic N) is 4. The predicted octanol–water partition coefficient (Wildman–Crippen LogP) is 3.52. The van der Waals surface area contributed by atoms with Crippen LogP contribution in [0.15, 0.2) is 77.7 Å². The topological polar surface area (TPSA) is 93.3 Å². The van der Waals surface area contributed by atoms with Gasteiger partial charge in [-0.05, 0) is 42.0 Å². The maximum absolute atomic E-state index is 12.5. The van der Waals surface area contributed by atoms with Crippen molar-refractivity contribution in [3.05, 3.63) is 94.0 Å². The van der Waals surface area contributed by atoms with E-state index in [0.717, 1.165) is 20.8 Å². The van der Waals surface area contributed by atoms with Gasteiger partial charge in [-0.25, -0.2) is 19.3 Å². The first-order valence-electron chi connectivity index (χ1n) is 10.2. The van der Waals surface area contributed by atoms with Crippen LogP contribution in [0.3, 0.4) is 0 Å². The number of rotatable bonds is 6. The van der Waals surface area contributed by atoms with E-state index in [1.165, 1.54) is 9.08 Å². The molecular formula is C23H20N6O2S. The van der Waals surface area contributed by atoms with E-state index in [1.54, 1.807) is 29.7 Å². The fourth-order valence-electron chi connectivity index (χ4n) is 3.48. The maximum atomic E-state index is 12.5. The Hall–Kier alpha value is -3.98. The maximum Gasteiger partial charge on any atom is 0.350 e. The smallest absolute Gasteiger partial charge is 0.337 e. The molecule has 2 N–H and O–H groups in total. The Morgan fingerprint density at radius 3 is 2.78 bits per heavy atom. The van der Waals surface area contributed by atoms with Crippen molar-refractivity contribution in [1.29, 1.82) is 0 Å². The SMILES string of the molecule is O=C(NCCc1nc2ccccc2s1)Nc1cccc(Cn2nc3ccccn3c2=O)c1. The van der Waals surface area contributed by atoms with E-state index in [2.05, 4.69) is 20.7 Å². The normalized spacial score (nSPS) is 11.1. The molecule has 3 heterocycles. The van der Waals surface area contributed by atoms with Crippen LogP contribution in [0, 0.1) is 0 Å². The van der Waals surface area contributed by atoms with Gasteiger partial charge in [-0.15, -0.1) is 16.4 Å². The average molecular weight is 445 g/mol. The fourth-order valence-corrected chi connectivity index (χ4v) is 4.44. The third-order valence-corrected chi connectivity index (χ3v) is 6.06. The van der Waals surface area contributed by atoms with Crippen molar-refractivity contribution in [2.45, 2.75) is 13.0 Å². The Balaban J connectivity index is 1.19. The van der Waals surface area contributed by atoms with Crippen LogP contribution >= 0.6 is 11.3 Å². The minimum absolute atomic E-state index is 0.202. The second kappa shape index (κ2) is 8.64. The number of thiazole rings is 1. The highest BCUT2D eigenvalue weighted by atomic mass is 32.1. The molecule has 160 valence electrons. The van der Waals surface area contributed by atoms with E-state index >= 15 is 0 Å². The molecule has 0 saturated heterocycles. The van der Waals surface area contributed by atoms with Crippen LogP contribution in [0.1, 0.15) is 10.6 Å². The van der Waals surface area contributed by atoms with Gasteiger partial charge in [-0.1, -0.05) is 30.3 Å². The Morgan fingerprint density at radius 2 is 1.91 bits per heavy atom. The highest BCUT2D eigenvalue weighted by Crippen LogP contribution is 2.21. The lowest BCUT2D eigenvalue weighted by Crippen LogP contribution is -2.30. The summed E-state index contributed by atoms with van der Waals surface area (Å²) in [6.45, 7) is 0.803. The minimum atomic E-state index is -0.284. The van der Waals surface area contributed by atoms with Crippen molar-refractivity contribution in [3.8, 4) is 0 Å². The summed E-state index contributed by atoms with van der Waals surface area (Å²) in [6, 6.07) is 20.5.